The first-order chi connectivity index (χ1) is 8.16. The molecule has 0 unspecified atom stereocenters. The van der Waals surface area contributed by atoms with Gasteiger partial charge in [0.15, 0.2) is 0 Å². The van der Waals surface area contributed by atoms with Gasteiger partial charge in [0.2, 0.25) is 0 Å². The van der Waals surface area contributed by atoms with Crippen molar-refractivity contribution in [1.82, 2.24) is 9.97 Å². The summed E-state index contributed by atoms with van der Waals surface area (Å²) in [6.45, 7) is 7.16. The SMILES string of the molecule is Cc1ncc(CNc2ccccc2C(C)C)[nH]1. The highest BCUT2D eigenvalue weighted by Crippen LogP contribution is 2.23. The Labute approximate surface area is 102 Å². The van der Waals surface area contributed by atoms with Gasteiger partial charge in [-0.15, -0.1) is 0 Å². The maximum Gasteiger partial charge on any atom is 0.103 e. The quantitative estimate of drug-likeness (QED) is 0.843. The minimum atomic E-state index is 0.530. The van der Waals surface area contributed by atoms with Crippen molar-refractivity contribution in [3.63, 3.8) is 0 Å². The van der Waals surface area contributed by atoms with Crippen molar-refractivity contribution >= 4 is 5.69 Å². The van der Waals surface area contributed by atoms with Gasteiger partial charge in [0, 0.05) is 5.69 Å². The van der Waals surface area contributed by atoms with E-state index in [0.717, 1.165) is 18.1 Å². The molecule has 1 aromatic heterocycles. The number of hydrogen-bond donors (Lipinski definition) is 2. The number of H-pyrrole nitrogens is 1. The molecule has 0 saturated carbocycles. The van der Waals surface area contributed by atoms with Crippen LogP contribution in [0, 0.1) is 6.92 Å². The lowest BCUT2D eigenvalue weighted by Gasteiger charge is -2.13. The van der Waals surface area contributed by atoms with Crippen molar-refractivity contribution in [2.24, 2.45) is 0 Å². The fraction of sp³-hybridized carbons (Fsp3) is 0.357. The molecule has 90 valence electrons. The lowest BCUT2D eigenvalue weighted by Crippen LogP contribution is -2.03. The molecular weight excluding hydrogens is 210 g/mol. The van der Waals surface area contributed by atoms with E-state index in [4.69, 9.17) is 0 Å². The van der Waals surface area contributed by atoms with E-state index >= 15 is 0 Å². The van der Waals surface area contributed by atoms with Gasteiger partial charge in [0.1, 0.15) is 5.82 Å². The largest absolute Gasteiger partial charge is 0.379 e. The van der Waals surface area contributed by atoms with Crippen LogP contribution in [0.4, 0.5) is 5.69 Å². The molecule has 0 aliphatic heterocycles. The molecule has 17 heavy (non-hydrogen) atoms. The minimum absolute atomic E-state index is 0.530. The van der Waals surface area contributed by atoms with Crippen LogP contribution >= 0.6 is 0 Å². The highest BCUT2D eigenvalue weighted by Gasteiger charge is 2.05. The number of imidazole rings is 1. The minimum Gasteiger partial charge on any atom is -0.379 e. The summed E-state index contributed by atoms with van der Waals surface area (Å²) in [6, 6.07) is 8.44. The molecular formula is C14H19N3. The zero-order valence-corrected chi connectivity index (χ0v) is 10.6. The van der Waals surface area contributed by atoms with Crippen molar-refractivity contribution in [1.29, 1.82) is 0 Å². The van der Waals surface area contributed by atoms with Crippen LogP contribution in [0.3, 0.4) is 0 Å². The molecule has 2 N–H and O–H groups in total. The van der Waals surface area contributed by atoms with Gasteiger partial charge in [-0.05, 0) is 24.5 Å². The Morgan fingerprint density at radius 2 is 2.06 bits per heavy atom. The van der Waals surface area contributed by atoms with Gasteiger partial charge in [0.05, 0.1) is 18.4 Å². The molecule has 3 nitrogen and oxygen atoms in total. The Morgan fingerprint density at radius 3 is 2.71 bits per heavy atom. The fourth-order valence-corrected chi connectivity index (χ4v) is 1.91. The summed E-state index contributed by atoms with van der Waals surface area (Å²) >= 11 is 0. The predicted octanol–water partition coefficient (Wildman–Crippen LogP) is 3.45. The molecule has 0 amide bonds. The van der Waals surface area contributed by atoms with E-state index in [1.807, 2.05) is 13.1 Å². The van der Waals surface area contributed by atoms with Gasteiger partial charge in [0.25, 0.3) is 0 Å². The topological polar surface area (TPSA) is 40.7 Å². The normalized spacial score (nSPS) is 10.8. The third-order valence-electron chi connectivity index (χ3n) is 2.81. The number of anilines is 1. The summed E-state index contributed by atoms with van der Waals surface area (Å²) in [5.41, 5.74) is 3.67. The molecule has 1 aromatic carbocycles. The second-order valence-corrected chi connectivity index (χ2v) is 4.59. The average Bonchev–Trinajstić information content (AvgIpc) is 2.73. The lowest BCUT2D eigenvalue weighted by molar-refractivity contribution is 0.864. The molecule has 2 rings (SSSR count). The van der Waals surface area contributed by atoms with Gasteiger partial charge in [-0.2, -0.15) is 0 Å². The van der Waals surface area contributed by atoms with Crippen molar-refractivity contribution in [3.8, 4) is 0 Å². The standard InChI is InChI=1S/C14H19N3/c1-10(2)13-6-4-5-7-14(13)16-9-12-8-15-11(3)17-12/h4-8,10,16H,9H2,1-3H3,(H,15,17). The first-order valence-electron chi connectivity index (χ1n) is 6.00. The van der Waals surface area contributed by atoms with E-state index in [-0.39, 0.29) is 0 Å². The number of para-hydroxylation sites is 1. The predicted molar refractivity (Wildman–Crippen MR) is 71.2 cm³/mol. The second-order valence-electron chi connectivity index (χ2n) is 4.59. The third kappa shape index (κ3) is 2.87. The van der Waals surface area contributed by atoms with E-state index < -0.39 is 0 Å². The Hall–Kier alpha value is -1.77. The smallest absolute Gasteiger partial charge is 0.103 e. The third-order valence-corrected chi connectivity index (χ3v) is 2.81. The summed E-state index contributed by atoms with van der Waals surface area (Å²) in [4.78, 5) is 7.41. The number of aryl methyl sites for hydroxylation is 1. The van der Waals surface area contributed by atoms with Crippen LogP contribution < -0.4 is 5.32 Å². The molecule has 0 aliphatic carbocycles. The number of hydrogen-bond acceptors (Lipinski definition) is 2. The number of aromatic nitrogens is 2. The molecule has 0 fully saturated rings. The fourth-order valence-electron chi connectivity index (χ4n) is 1.91. The van der Waals surface area contributed by atoms with E-state index in [1.165, 1.54) is 11.3 Å². The van der Waals surface area contributed by atoms with Crippen LogP contribution in [0.1, 0.15) is 36.8 Å². The maximum absolute atomic E-state index is 4.19. The van der Waals surface area contributed by atoms with E-state index in [1.54, 1.807) is 0 Å². The van der Waals surface area contributed by atoms with Crippen molar-refractivity contribution in [3.05, 3.63) is 47.5 Å². The number of benzene rings is 1. The Bertz CT molecular complexity index is 486. The molecule has 3 heteroatoms. The summed E-state index contributed by atoms with van der Waals surface area (Å²) in [7, 11) is 0. The molecule has 1 heterocycles. The maximum atomic E-state index is 4.19. The molecule has 0 radical (unpaired) electrons. The first kappa shape index (κ1) is 11.7. The van der Waals surface area contributed by atoms with Crippen LogP contribution in [-0.2, 0) is 6.54 Å². The molecule has 0 bridgehead atoms. The number of rotatable bonds is 4. The van der Waals surface area contributed by atoms with Gasteiger partial charge < -0.3 is 10.3 Å². The number of nitrogens with zero attached hydrogens (tertiary/aromatic N) is 1. The van der Waals surface area contributed by atoms with Crippen LogP contribution in [-0.4, -0.2) is 9.97 Å². The Morgan fingerprint density at radius 1 is 1.29 bits per heavy atom. The summed E-state index contributed by atoms with van der Waals surface area (Å²) < 4.78 is 0. The summed E-state index contributed by atoms with van der Waals surface area (Å²) in [5.74, 6) is 1.49. The highest BCUT2D eigenvalue weighted by atomic mass is 15.0. The number of nitrogens with one attached hydrogen (secondary N) is 2. The monoisotopic (exact) mass is 229 g/mol. The second kappa shape index (κ2) is 5.04. The van der Waals surface area contributed by atoms with Crippen molar-refractivity contribution < 1.29 is 0 Å². The summed E-state index contributed by atoms with van der Waals surface area (Å²) in [5, 5.41) is 3.45. The van der Waals surface area contributed by atoms with Crippen molar-refractivity contribution in [2.75, 3.05) is 5.32 Å². The van der Waals surface area contributed by atoms with Gasteiger partial charge in [-0.1, -0.05) is 32.0 Å². The highest BCUT2D eigenvalue weighted by molar-refractivity contribution is 5.52. The first-order valence-corrected chi connectivity index (χ1v) is 6.00. The van der Waals surface area contributed by atoms with Crippen molar-refractivity contribution in [2.45, 2.75) is 33.2 Å². The number of aromatic amines is 1. The average molecular weight is 229 g/mol. The Balaban J connectivity index is 2.08. The van der Waals surface area contributed by atoms with E-state index in [2.05, 4.69) is 53.4 Å². The van der Waals surface area contributed by atoms with Crippen LogP contribution in [0.2, 0.25) is 0 Å². The molecule has 0 saturated heterocycles. The van der Waals surface area contributed by atoms with Gasteiger partial charge >= 0.3 is 0 Å². The Kier molecular flexibility index (Phi) is 3.47. The van der Waals surface area contributed by atoms with Crippen LogP contribution in [0.15, 0.2) is 30.5 Å². The molecule has 0 atom stereocenters. The zero-order chi connectivity index (χ0) is 12.3. The van der Waals surface area contributed by atoms with Crippen LogP contribution in [0.5, 0.6) is 0 Å². The van der Waals surface area contributed by atoms with E-state index in [0.29, 0.717) is 5.92 Å². The van der Waals surface area contributed by atoms with Crippen LogP contribution in [0.25, 0.3) is 0 Å². The van der Waals surface area contributed by atoms with Gasteiger partial charge in [-0.25, -0.2) is 4.98 Å². The van der Waals surface area contributed by atoms with Gasteiger partial charge in [-0.3, -0.25) is 0 Å². The summed E-state index contributed by atoms with van der Waals surface area (Å²) in [6.07, 6.45) is 1.88. The lowest BCUT2D eigenvalue weighted by atomic mass is 10.0. The van der Waals surface area contributed by atoms with E-state index in [9.17, 15) is 0 Å². The zero-order valence-electron chi connectivity index (χ0n) is 10.6. The molecule has 0 spiro atoms. The molecule has 0 aliphatic rings. The molecule has 2 aromatic rings.